The Labute approximate surface area is 159 Å². The number of hydrogen-bond donors (Lipinski definition) is 0. The molecule has 0 saturated heterocycles. The minimum atomic E-state index is -0.131. The number of hydrogen-bond acceptors (Lipinski definition) is 5. The molecule has 1 aliphatic heterocycles. The lowest BCUT2D eigenvalue weighted by Crippen LogP contribution is -2.05. The number of benzene rings is 2. The Morgan fingerprint density at radius 2 is 1.93 bits per heavy atom. The quantitative estimate of drug-likeness (QED) is 0.538. The van der Waals surface area contributed by atoms with E-state index in [1.54, 1.807) is 38.5 Å². The van der Waals surface area contributed by atoms with Crippen LogP contribution < -0.4 is 18.9 Å². The second-order valence-corrected chi connectivity index (χ2v) is 6.33. The van der Waals surface area contributed by atoms with Crippen molar-refractivity contribution in [2.24, 2.45) is 0 Å². The maximum Gasteiger partial charge on any atom is 0.185 e. The van der Waals surface area contributed by atoms with Crippen LogP contribution in [0.1, 0.15) is 35.3 Å². The van der Waals surface area contributed by atoms with Gasteiger partial charge in [0.05, 0.1) is 20.8 Å². The first-order valence-electron chi connectivity index (χ1n) is 8.96. The highest BCUT2D eigenvalue weighted by Crippen LogP contribution is 2.36. The Hall–Kier alpha value is -2.95. The SMILES string of the molecule is CCOc1cc2c(cc1/C=C/C(=O)c1ccc(OC)c(OC)c1)OC(C)C2. The minimum Gasteiger partial charge on any atom is -0.493 e. The van der Waals surface area contributed by atoms with Crippen molar-refractivity contribution in [3.05, 3.63) is 53.1 Å². The second kappa shape index (κ2) is 8.16. The van der Waals surface area contributed by atoms with Gasteiger partial charge in [-0.05, 0) is 56.3 Å². The molecule has 1 atom stereocenters. The maximum absolute atomic E-state index is 12.6. The molecule has 3 rings (SSSR count). The Kier molecular flexibility index (Phi) is 5.69. The van der Waals surface area contributed by atoms with Crippen molar-refractivity contribution in [2.45, 2.75) is 26.4 Å². The van der Waals surface area contributed by atoms with Gasteiger partial charge in [0.1, 0.15) is 17.6 Å². The van der Waals surface area contributed by atoms with E-state index in [0.29, 0.717) is 23.7 Å². The number of ether oxygens (including phenoxy) is 4. The van der Waals surface area contributed by atoms with Gasteiger partial charge in [-0.1, -0.05) is 0 Å². The molecule has 1 unspecified atom stereocenters. The zero-order chi connectivity index (χ0) is 19.4. The molecular weight excluding hydrogens is 344 g/mol. The van der Waals surface area contributed by atoms with Crippen LogP contribution in [0.15, 0.2) is 36.4 Å². The predicted molar refractivity (Wildman–Crippen MR) is 104 cm³/mol. The van der Waals surface area contributed by atoms with Crippen molar-refractivity contribution in [2.75, 3.05) is 20.8 Å². The third-order valence-electron chi connectivity index (χ3n) is 4.41. The number of allylic oxidation sites excluding steroid dienone is 1. The first-order chi connectivity index (χ1) is 13.0. The molecule has 0 amide bonds. The van der Waals surface area contributed by atoms with E-state index >= 15 is 0 Å². The highest BCUT2D eigenvalue weighted by atomic mass is 16.5. The number of carbonyl (C=O) groups is 1. The third kappa shape index (κ3) is 4.08. The fourth-order valence-electron chi connectivity index (χ4n) is 3.12. The van der Waals surface area contributed by atoms with Gasteiger partial charge in [-0.15, -0.1) is 0 Å². The predicted octanol–water partition coefficient (Wildman–Crippen LogP) is 4.32. The van der Waals surface area contributed by atoms with E-state index in [9.17, 15) is 4.79 Å². The number of methoxy groups -OCH3 is 2. The van der Waals surface area contributed by atoms with Crippen molar-refractivity contribution < 1.29 is 23.7 Å². The molecule has 1 heterocycles. The van der Waals surface area contributed by atoms with Crippen LogP contribution in [0.3, 0.4) is 0 Å². The van der Waals surface area contributed by atoms with Crippen LogP contribution in [-0.2, 0) is 6.42 Å². The van der Waals surface area contributed by atoms with Gasteiger partial charge in [0.15, 0.2) is 17.3 Å². The van der Waals surface area contributed by atoms with E-state index in [1.165, 1.54) is 6.08 Å². The molecule has 0 radical (unpaired) electrons. The smallest absolute Gasteiger partial charge is 0.185 e. The lowest BCUT2D eigenvalue weighted by Gasteiger charge is -2.10. The molecule has 27 heavy (non-hydrogen) atoms. The van der Waals surface area contributed by atoms with Crippen molar-refractivity contribution in [1.29, 1.82) is 0 Å². The summed E-state index contributed by atoms with van der Waals surface area (Å²) in [5.41, 5.74) is 2.47. The van der Waals surface area contributed by atoms with Gasteiger partial charge in [0.25, 0.3) is 0 Å². The molecule has 5 nitrogen and oxygen atoms in total. The van der Waals surface area contributed by atoms with Crippen molar-refractivity contribution >= 4 is 11.9 Å². The first kappa shape index (κ1) is 18.8. The second-order valence-electron chi connectivity index (χ2n) is 6.33. The van der Waals surface area contributed by atoms with E-state index in [2.05, 4.69) is 0 Å². The average molecular weight is 368 g/mol. The van der Waals surface area contributed by atoms with Gasteiger partial charge < -0.3 is 18.9 Å². The maximum atomic E-state index is 12.6. The summed E-state index contributed by atoms with van der Waals surface area (Å²) in [4.78, 5) is 12.6. The normalized spacial score (nSPS) is 15.3. The van der Waals surface area contributed by atoms with Gasteiger partial charge >= 0.3 is 0 Å². The van der Waals surface area contributed by atoms with Crippen molar-refractivity contribution in [3.8, 4) is 23.0 Å². The van der Waals surface area contributed by atoms with E-state index in [4.69, 9.17) is 18.9 Å². The standard InChI is InChI=1S/C22H24O5/c1-5-26-20-13-17-10-14(2)27-21(17)12-16(20)6-8-18(23)15-7-9-19(24-3)22(11-15)25-4/h6-9,11-14H,5,10H2,1-4H3/b8-6+. The molecule has 5 heteroatoms. The lowest BCUT2D eigenvalue weighted by molar-refractivity contribution is 0.104. The molecule has 1 aliphatic rings. The minimum absolute atomic E-state index is 0.131. The molecule has 2 aromatic carbocycles. The molecule has 0 aliphatic carbocycles. The topological polar surface area (TPSA) is 54.0 Å². The first-order valence-corrected chi connectivity index (χ1v) is 8.96. The van der Waals surface area contributed by atoms with E-state index in [1.807, 2.05) is 26.0 Å². The summed E-state index contributed by atoms with van der Waals surface area (Å²) in [5, 5.41) is 0. The molecule has 0 N–H and O–H groups in total. The number of carbonyl (C=O) groups excluding carboxylic acids is 1. The fraction of sp³-hybridized carbons (Fsp3) is 0.318. The molecule has 0 aromatic heterocycles. The van der Waals surface area contributed by atoms with Crippen LogP contribution in [0.4, 0.5) is 0 Å². The Morgan fingerprint density at radius 3 is 2.63 bits per heavy atom. The molecule has 2 aromatic rings. The summed E-state index contributed by atoms with van der Waals surface area (Å²) in [7, 11) is 3.10. The summed E-state index contributed by atoms with van der Waals surface area (Å²) < 4.78 is 22.0. The van der Waals surface area contributed by atoms with Crippen LogP contribution in [0, 0.1) is 0 Å². The largest absolute Gasteiger partial charge is 0.493 e. The van der Waals surface area contributed by atoms with Crippen LogP contribution in [-0.4, -0.2) is 32.7 Å². The Bertz CT molecular complexity index is 869. The lowest BCUT2D eigenvalue weighted by atomic mass is 10.0. The molecular formula is C22H24O5. The van der Waals surface area contributed by atoms with Crippen LogP contribution in [0.25, 0.3) is 6.08 Å². The summed E-state index contributed by atoms with van der Waals surface area (Å²) in [6.07, 6.45) is 4.31. The van der Waals surface area contributed by atoms with Crippen molar-refractivity contribution in [1.82, 2.24) is 0 Å². The number of rotatable bonds is 7. The summed E-state index contributed by atoms with van der Waals surface area (Å²) in [6.45, 7) is 4.53. The molecule has 0 fully saturated rings. The zero-order valence-electron chi connectivity index (χ0n) is 16.1. The monoisotopic (exact) mass is 368 g/mol. The molecule has 0 spiro atoms. The Balaban J connectivity index is 1.87. The summed E-state index contributed by atoms with van der Waals surface area (Å²) in [6, 6.07) is 9.04. The van der Waals surface area contributed by atoms with Crippen LogP contribution >= 0.6 is 0 Å². The number of ketones is 1. The van der Waals surface area contributed by atoms with Crippen LogP contribution in [0.5, 0.6) is 23.0 Å². The van der Waals surface area contributed by atoms with Gasteiger partial charge in [-0.3, -0.25) is 4.79 Å². The van der Waals surface area contributed by atoms with Gasteiger partial charge in [-0.25, -0.2) is 0 Å². The van der Waals surface area contributed by atoms with E-state index < -0.39 is 0 Å². The summed E-state index contributed by atoms with van der Waals surface area (Å²) >= 11 is 0. The van der Waals surface area contributed by atoms with Gasteiger partial charge in [-0.2, -0.15) is 0 Å². The van der Waals surface area contributed by atoms with E-state index in [0.717, 1.165) is 29.0 Å². The van der Waals surface area contributed by atoms with Crippen molar-refractivity contribution in [3.63, 3.8) is 0 Å². The average Bonchev–Trinajstić information content (AvgIpc) is 3.04. The van der Waals surface area contributed by atoms with Gasteiger partial charge in [0, 0.05) is 23.1 Å². The highest BCUT2D eigenvalue weighted by molar-refractivity contribution is 6.07. The Morgan fingerprint density at radius 1 is 1.15 bits per heavy atom. The zero-order valence-corrected chi connectivity index (χ0v) is 16.1. The molecule has 0 bridgehead atoms. The third-order valence-corrected chi connectivity index (χ3v) is 4.41. The molecule has 0 saturated carbocycles. The highest BCUT2D eigenvalue weighted by Gasteiger charge is 2.21. The van der Waals surface area contributed by atoms with E-state index in [-0.39, 0.29) is 11.9 Å². The number of fused-ring (bicyclic) bond motifs is 1. The van der Waals surface area contributed by atoms with Crippen LogP contribution in [0.2, 0.25) is 0 Å². The molecule has 142 valence electrons. The fourth-order valence-corrected chi connectivity index (χ4v) is 3.12. The van der Waals surface area contributed by atoms with Gasteiger partial charge in [0.2, 0.25) is 0 Å². The summed E-state index contributed by atoms with van der Waals surface area (Å²) in [5.74, 6) is 2.58.